The number of aliphatic hydroxyl groups is 1. The van der Waals surface area contributed by atoms with Crippen molar-refractivity contribution in [2.45, 2.75) is 38.3 Å². The molecule has 2 N–H and O–H groups in total. The van der Waals surface area contributed by atoms with E-state index in [9.17, 15) is 14.7 Å². The number of piperidine rings is 1. The molecular weight excluding hydrogens is 240 g/mol. The predicted octanol–water partition coefficient (Wildman–Crippen LogP) is -0.206. The maximum atomic E-state index is 12.1. The van der Waals surface area contributed by atoms with Crippen molar-refractivity contribution in [2.24, 2.45) is 0 Å². The third kappa shape index (κ3) is 4.20. The van der Waals surface area contributed by atoms with Gasteiger partial charge in [0.2, 0.25) is 11.8 Å². The largest absolute Gasteiger partial charge is 0.388 e. The summed E-state index contributed by atoms with van der Waals surface area (Å²) < 4.78 is 0. The minimum absolute atomic E-state index is 0.171. The summed E-state index contributed by atoms with van der Waals surface area (Å²) in [6.45, 7) is 4.03. The quantitative estimate of drug-likeness (QED) is 0.615. The van der Waals surface area contributed by atoms with Crippen LogP contribution in [0.3, 0.4) is 0 Å². The first-order chi connectivity index (χ1) is 7.85. The van der Waals surface area contributed by atoms with Crippen molar-refractivity contribution < 1.29 is 14.7 Å². The number of hydrogen-bond acceptors (Lipinski definition) is 4. The molecular formula is C11H20N2O3S. The van der Waals surface area contributed by atoms with Gasteiger partial charge in [-0.05, 0) is 19.8 Å². The zero-order chi connectivity index (χ0) is 13.1. The normalized spacial score (nSPS) is 26.5. The Balaban J connectivity index is 2.64. The van der Waals surface area contributed by atoms with Gasteiger partial charge in [-0.25, -0.2) is 0 Å². The third-order valence-corrected chi connectivity index (χ3v) is 3.21. The lowest BCUT2D eigenvalue weighted by Gasteiger charge is -2.38. The Morgan fingerprint density at radius 3 is 2.71 bits per heavy atom. The van der Waals surface area contributed by atoms with Crippen LogP contribution in [0.2, 0.25) is 0 Å². The number of thiol groups is 1. The number of amides is 2. The molecule has 1 saturated heterocycles. The highest BCUT2D eigenvalue weighted by atomic mass is 32.1. The number of hydrogen-bond donors (Lipinski definition) is 3. The van der Waals surface area contributed by atoms with E-state index in [1.54, 1.807) is 11.8 Å². The van der Waals surface area contributed by atoms with E-state index >= 15 is 0 Å². The molecule has 0 aromatic rings. The second-order valence-corrected chi connectivity index (χ2v) is 5.16. The van der Waals surface area contributed by atoms with Crippen LogP contribution in [-0.2, 0) is 9.59 Å². The SMILES string of the molecule is CC(=O)NC(CS)C(=O)N1CCCC(C)(O)C1. The average molecular weight is 260 g/mol. The van der Waals surface area contributed by atoms with E-state index in [-0.39, 0.29) is 17.6 Å². The Kier molecular flexibility index (Phi) is 4.82. The maximum Gasteiger partial charge on any atom is 0.246 e. The van der Waals surface area contributed by atoms with E-state index in [0.29, 0.717) is 19.5 Å². The predicted molar refractivity (Wildman–Crippen MR) is 67.9 cm³/mol. The van der Waals surface area contributed by atoms with Gasteiger partial charge in [-0.15, -0.1) is 0 Å². The van der Waals surface area contributed by atoms with Crippen LogP contribution in [0.1, 0.15) is 26.7 Å². The summed E-state index contributed by atoms with van der Waals surface area (Å²) in [5.41, 5.74) is -0.828. The van der Waals surface area contributed by atoms with Crippen LogP contribution in [0.25, 0.3) is 0 Å². The molecule has 17 heavy (non-hydrogen) atoms. The zero-order valence-corrected chi connectivity index (χ0v) is 11.2. The van der Waals surface area contributed by atoms with Crippen molar-refractivity contribution in [3.05, 3.63) is 0 Å². The van der Waals surface area contributed by atoms with Gasteiger partial charge in [-0.3, -0.25) is 9.59 Å². The van der Waals surface area contributed by atoms with Crippen LogP contribution in [0.15, 0.2) is 0 Å². The fourth-order valence-electron chi connectivity index (χ4n) is 2.06. The fraction of sp³-hybridized carbons (Fsp3) is 0.818. The average Bonchev–Trinajstić information content (AvgIpc) is 2.23. The summed E-state index contributed by atoms with van der Waals surface area (Å²) in [4.78, 5) is 24.7. The van der Waals surface area contributed by atoms with Gasteiger partial charge in [0.25, 0.3) is 0 Å². The fourth-order valence-corrected chi connectivity index (χ4v) is 2.31. The van der Waals surface area contributed by atoms with Gasteiger partial charge in [-0.2, -0.15) is 12.6 Å². The first kappa shape index (κ1) is 14.3. The van der Waals surface area contributed by atoms with Crippen molar-refractivity contribution >= 4 is 24.4 Å². The molecule has 0 aromatic carbocycles. The lowest BCUT2D eigenvalue weighted by molar-refractivity contribution is -0.140. The van der Waals surface area contributed by atoms with Gasteiger partial charge in [0.15, 0.2) is 0 Å². The van der Waals surface area contributed by atoms with Crippen LogP contribution in [0.5, 0.6) is 0 Å². The van der Waals surface area contributed by atoms with Gasteiger partial charge in [0.05, 0.1) is 5.60 Å². The molecule has 0 aliphatic carbocycles. The minimum Gasteiger partial charge on any atom is -0.388 e. The molecule has 0 aromatic heterocycles. The van der Waals surface area contributed by atoms with Gasteiger partial charge in [0, 0.05) is 25.8 Å². The number of β-amino-alcohol motifs (C(OH)–C–C–N with tert-alkyl or cyclic N) is 1. The molecule has 1 aliphatic heterocycles. The van der Waals surface area contributed by atoms with Crippen LogP contribution in [0.4, 0.5) is 0 Å². The van der Waals surface area contributed by atoms with E-state index in [1.165, 1.54) is 6.92 Å². The summed E-state index contributed by atoms with van der Waals surface area (Å²) in [5, 5.41) is 12.5. The molecule has 1 rings (SSSR count). The standard InChI is InChI=1S/C11H20N2O3S/c1-8(14)12-9(6-17)10(15)13-5-3-4-11(2,16)7-13/h9,16-17H,3-7H2,1-2H3,(H,12,14). The lowest BCUT2D eigenvalue weighted by atomic mass is 9.95. The van der Waals surface area contributed by atoms with Gasteiger partial charge in [-0.1, -0.05) is 0 Å². The molecule has 2 amide bonds. The second-order valence-electron chi connectivity index (χ2n) is 4.80. The Bertz CT molecular complexity index is 307. The highest BCUT2D eigenvalue weighted by Gasteiger charge is 2.33. The van der Waals surface area contributed by atoms with E-state index in [4.69, 9.17) is 0 Å². The smallest absolute Gasteiger partial charge is 0.246 e. The summed E-state index contributed by atoms with van der Waals surface area (Å²) >= 11 is 4.07. The highest BCUT2D eigenvalue weighted by molar-refractivity contribution is 7.80. The van der Waals surface area contributed by atoms with E-state index < -0.39 is 11.6 Å². The molecule has 2 unspecified atom stereocenters. The Labute approximate surface area is 107 Å². The molecule has 98 valence electrons. The first-order valence-corrected chi connectivity index (χ1v) is 6.38. The Morgan fingerprint density at radius 2 is 2.24 bits per heavy atom. The van der Waals surface area contributed by atoms with E-state index in [2.05, 4.69) is 17.9 Å². The summed E-state index contributed by atoms with van der Waals surface area (Å²) in [6.07, 6.45) is 1.47. The Hall–Kier alpha value is -0.750. The van der Waals surface area contributed by atoms with Crippen molar-refractivity contribution in [3.63, 3.8) is 0 Å². The van der Waals surface area contributed by atoms with Crippen molar-refractivity contribution in [1.82, 2.24) is 10.2 Å². The van der Waals surface area contributed by atoms with Crippen LogP contribution >= 0.6 is 12.6 Å². The van der Waals surface area contributed by atoms with Gasteiger partial charge >= 0.3 is 0 Å². The molecule has 2 atom stereocenters. The monoisotopic (exact) mass is 260 g/mol. The molecule has 0 radical (unpaired) electrons. The summed E-state index contributed by atoms with van der Waals surface area (Å²) in [7, 11) is 0. The van der Waals surface area contributed by atoms with Crippen LogP contribution < -0.4 is 5.32 Å². The molecule has 1 heterocycles. The summed E-state index contributed by atoms with van der Waals surface area (Å²) in [5.74, 6) is -0.159. The molecule has 5 nitrogen and oxygen atoms in total. The highest BCUT2D eigenvalue weighted by Crippen LogP contribution is 2.20. The Morgan fingerprint density at radius 1 is 1.59 bits per heavy atom. The van der Waals surface area contributed by atoms with E-state index in [0.717, 1.165) is 6.42 Å². The zero-order valence-electron chi connectivity index (χ0n) is 10.3. The van der Waals surface area contributed by atoms with Crippen molar-refractivity contribution in [2.75, 3.05) is 18.8 Å². The number of likely N-dealkylation sites (tertiary alicyclic amines) is 1. The molecule has 0 spiro atoms. The van der Waals surface area contributed by atoms with Crippen LogP contribution in [0, 0.1) is 0 Å². The third-order valence-electron chi connectivity index (χ3n) is 2.84. The number of rotatable bonds is 3. The molecule has 1 fully saturated rings. The molecule has 0 bridgehead atoms. The van der Waals surface area contributed by atoms with E-state index in [1.807, 2.05) is 0 Å². The molecule has 0 saturated carbocycles. The number of carbonyl (C=O) groups is 2. The van der Waals surface area contributed by atoms with Crippen LogP contribution in [-0.4, -0.2) is 52.3 Å². The number of nitrogens with one attached hydrogen (secondary N) is 1. The molecule has 6 heteroatoms. The second kappa shape index (κ2) is 5.73. The molecule has 1 aliphatic rings. The first-order valence-electron chi connectivity index (χ1n) is 5.75. The number of nitrogens with zero attached hydrogens (tertiary/aromatic N) is 1. The maximum absolute atomic E-state index is 12.1. The number of carbonyl (C=O) groups excluding carboxylic acids is 2. The van der Waals surface area contributed by atoms with Crippen molar-refractivity contribution in [1.29, 1.82) is 0 Å². The van der Waals surface area contributed by atoms with Gasteiger partial charge < -0.3 is 15.3 Å². The lowest BCUT2D eigenvalue weighted by Crippen LogP contribution is -2.55. The topological polar surface area (TPSA) is 69.6 Å². The minimum atomic E-state index is -0.828. The summed E-state index contributed by atoms with van der Waals surface area (Å²) in [6, 6.07) is -0.607. The van der Waals surface area contributed by atoms with Gasteiger partial charge in [0.1, 0.15) is 6.04 Å². The van der Waals surface area contributed by atoms with Crippen molar-refractivity contribution in [3.8, 4) is 0 Å².